The van der Waals surface area contributed by atoms with Gasteiger partial charge in [0.05, 0.1) is 11.4 Å². The SMILES string of the molecule is CCCCCCn1nnc(CNC)c1CC. The smallest absolute Gasteiger partial charge is 0.0996 e. The van der Waals surface area contributed by atoms with E-state index in [1.807, 2.05) is 7.05 Å². The maximum absolute atomic E-state index is 4.23. The van der Waals surface area contributed by atoms with E-state index < -0.39 is 0 Å². The standard InChI is InChI=1S/C12H24N4/c1-4-6-7-8-9-16-12(5-2)11(10-13-3)14-15-16/h13H,4-10H2,1-3H3. The molecule has 4 nitrogen and oxygen atoms in total. The van der Waals surface area contributed by atoms with Gasteiger partial charge >= 0.3 is 0 Å². The van der Waals surface area contributed by atoms with Gasteiger partial charge in [0, 0.05) is 13.1 Å². The van der Waals surface area contributed by atoms with Gasteiger partial charge in [-0.15, -0.1) is 5.10 Å². The van der Waals surface area contributed by atoms with Gasteiger partial charge in [0.2, 0.25) is 0 Å². The number of hydrogen-bond acceptors (Lipinski definition) is 3. The van der Waals surface area contributed by atoms with Crippen molar-refractivity contribution in [2.45, 2.75) is 59.0 Å². The van der Waals surface area contributed by atoms with E-state index in [1.54, 1.807) is 0 Å². The number of nitrogens with one attached hydrogen (secondary N) is 1. The van der Waals surface area contributed by atoms with Gasteiger partial charge in [0.15, 0.2) is 0 Å². The Kier molecular flexibility index (Phi) is 6.08. The van der Waals surface area contributed by atoms with Crippen molar-refractivity contribution in [1.29, 1.82) is 0 Å². The molecule has 1 aromatic heterocycles. The van der Waals surface area contributed by atoms with E-state index in [0.29, 0.717) is 0 Å². The summed E-state index contributed by atoms with van der Waals surface area (Å²) in [6.45, 7) is 6.23. The fourth-order valence-electron chi connectivity index (χ4n) is 1.93. The number of unbranched alkanes of at least 4 members (excludes halogenated alkanes) is 3. The van der Waals surface area contributed by atoms with Gasteiger partial charge in [0.1, 0.15) is 0 Å². The fraction of sp³-hybridized carbons (Fsp3) is 0.833. The molecule has 16 heavy (non-hydrogen) atoms. The molecular formula is C12H24N4. The molecule has 0 radical (unpaired) electrons. The molecule has 1 N–H and O–H groups in total. The first-order valence-electron chi connectivity index (χ1n) is 6.39. The summed E-state index contributed by atoms with van der Waals surface area (Å²) < 4.78 is 2.07. The van der Waals surface area contributed by atoms with Gasteiger partial charge in [-0.3, -0.25) is 0 Å². The molecule has 0 aliphatic heterocycles. The summed E-state index contributed by atoms with van der Waals surface area (Å²) in [5, 5.41) is 11.6. The molecule has 1 aromatic rings. The van der Waals surface area contributed by atoms with Crippen molar-refractivity contribution in [3.8, 4) is 0 Å². The molecule has 1 rings (SSSR count). The van der Waals surface area contributed by atoms with Crippen LogP contribution < -0.4 is 5.32 Å². The molecule has 1 heterocycles. The Hall–Kier alpha value is -0.900. The highest BCUT2D eigenvalue weighted by Crippen LogP contribution is 2.08. The van der Waals surface area contributed by atoms with Crippen molar-refractivity contribution >= 4 is 0 Å². The van der Waals surface area contributed by atoms with Crippen molar-refractivity contribution in [2.75, 3.05) is 7.05 Å². The van der Waals surface area contributed by atoms with Gasteiger partial charge in [-0.05, 0) is 19.9 Å². The number of nitrogens with zero attached hydrogens (tertiary/aromatic N) is 3. The Morgan fingerprint density at radius 3 is 2.62 bits per heavy atom. The molecule has 0 aromatic carbocycles. The van der Waals surface area contributed by atoms with E-state index in [1.165, 1.54) is 31.4 Å². The Balaban J connectivity index is 2.51. The maximum Gasteiger partial charge on any atom is 0.0996 e. The minimum absolute atomic E-state index is 0.818. The second kappa shape index (κ2) is 7.39. The summed E-state index contributed by atoms with van der Waals surface area (Å²) in [6.07, 6.45) is 6.12. The Morgan fingerprint density at radius 1 is 1.19 bits per heavy atom. The molecule has 0 saturated carbocycles. The zero-order valence-electron chi connectivity index (χ0n) is 10.8. The first kappa shape index (κ1) is 13.2. The molecule has 0 amide bonds. The molecule has 0 unspecified atom stereocenters. The predicted octanol–water partition coefficient (Wildman–Crippen LogP) is 2.14. The quantitative estimate of drug-likeness (QED) is 0.688. The molecule has 92 valence electrons. The Labute approximate surface area is 98.4 Å². The fourth-order valence-corrected chi connectivity index (χ4v) is 1.93. The monoisotopic (exact) mass is 224 g/mol. The predicted molar refractivity (Wildman–Crippen MR) is 66.3 cm³/mol. The lowest BCUT2D eigenvalue weighted by Gasteiger charge is -2.05. The van der Waals surface area contributed by atoms with Crippen LogP contribution in [-0.2, 0) is 19.5 Å². The van der Waals surface area contributed by atoms with Crippen LogP contribution in [0.2, 0.25) is 0 Å². The number of aromatic nitrogens is 3. The van der Waals surface area contributed by atoms with E-state index in [-0.39, 0.29) is 0 Å². The summed E-state index contributed by atoms with van der Waals surface area (Å²) in [4.78, 5) is 0. The Morgan fingerprint density at radius 2 is 2.00 bits per heavy atom. The molecular weight excluding hydrogens is 200 g/mol. The molecule has 0 aliphatic carbocycles. The summed E-state index contributed by atoms with van der Waals surface area (Å²) >= 11 is 0. The first-order chi connectivity index (χ1) is 7.83. The van der Waals surface area contributed by atoms with E-state index >= 15 is 0 Å². The maximum atomic E-state index is 4.23. The average molecular weight is 224 g/mol. The van der Waals surface area contributed by atoms with E-state index in [4.69, 9.17) is 0 Å². The van der Waals surface area contributed by atoms with Crippen molar-refractivity contribution in [3.05, 3.63) is 11.4 Å². The van der Waals surface area contributed by atoms with Crippen LogP contribution in [0.1, 0.15) is 50.9 Å². The van der Waals surface area contributed by atoms with Crippen LogP contribution in [-0.4, -0.2) is 22.0 Å². The van der Waals surface area contributed by atoms with Crippen LogP contribution in [0.25, 0.3) is 0 Å². The van der Waals surface area contributed by atoms with E-state index in [2.05, 4.69) is 34.2 Å². The lowest BCUT2D eigenvalue weighted by atomic mass is 10.2. The lowest BCUT2D eigenvalue weighted by Crippen LogP contribution is -2.10. The summed E-state index contributed by atoms with van der Waals surface area (Å²) in [5.74, 6) is 0. The van der Waals surface area contributed by atoms with Gasteiger partial charge in [0.25, 0.3) is 0 Å². The van der Waals surface area contributed by atoms with Crippen LogP contribution in [0.3, 0.4) is 0 Å². The van der Waals surface area contributed by atoms with E-state index in [0.717, 1.165) is 25.2 Å². The normalized spacial score (nSPS) is 10.9. The van der Waals surface area contributed by atoms with Gasteiger partial charge in [-0.1, -0.05) is 38.3 Å². The van der Waals surface area contributed by atoms with Crippen molar-refractivity contribution in [3.63, 3.8) is 0 Å². The van der Waals surface area contributed by atoms with Crippen molar-refractivity contribution < 1.29 is 0 Å². The van der Waals surface area contributed by atoms with Crippen LogP contribution in [0.5, 0.6) is 0 Å². The second-order valence-corrected chi connectivity index (χ2v) is 4.15. The third-order valence-corrected chi connectivity index (χ3v) is 2.82. The molecule has 0 saturated heterocycles. The molecule has 0 aliphatic rings. The third-order valence-electron chi connectivity index (χ3n) is 2.82. The minimum Gasteiger partial charge on any atom is -0.314 e. The van der Waals surface area contributed by atoms with Crippen LogP contribution in [0, 0.1) is 0 Å². The highest BCUT2D eigenvalue weighted by atomic mass is 15.4. The van der Waals surface area contributed by atoms with Crippen LogP contribution in [0.15, 0.2) is 0 Å². The highest BCUT2D eigenvalue weighted by Gasteiger charge is 2.09. The molecule has 0 bridgehead atoms. The third kappa shape index (κ3) is 3.59. The summed E-state index contributed by atoms with van der Waals surface area (Å²) in [7, 11) is 1.94. The van der Waals surface area contributed by atoms with Gasteiger partial charge in [-0.25, -0.2) is 4.68 Å². The number of aryl methyl sites for hydroxylation is 1. The van der Waals surface area contributed by atoms with Gasteiger partial charge in [-0.2, -0.15) is 0 Å². The average Bonchev–Trinajstić information content (AvgIpc) is 2.67. The zero-order valence-corrected chi connectivity index (χ0v) is 10.8. The Bertz CT molecular complexity index is 293. The molecule has 0 atom stereocenters. The summed E-state index contributed by atoms with van der Waals surface area (Å²) in [5.41, 5.74) is 2.38. The minimum atomic E-state index is 0.818. The largest absolute Gasteiger partial charge is 0.314 e. The number of rotatable bonds is 8. The highest BCUT2D eigenvalue weighted by molar-refractivity contribution is 5.09. The van der Waals surface area contributed by atoms with Crippen LogP contribution in [0.4, 0.5) is 0 Å². The zero-order chi connectivity index (χ0) is 11.8. The molecule has 0 spiro atoms. The first-order valence-corrected chi connectivity index (χ1v) is 6.39. The van der Waals surface area contributed by atoms with Crippen molar-refractivity contribution in [1.82, 2.24) is 20.3 Å². The molecule has 0 fully saturated rings. The van der Waals surface area contributed by atoms with Gasteiger partial charge < -0.3 is 5.32 Å². The van der Waals surface area contributed by atoms with Crippen LogP contribution >= 0.6 is 0 Å². The number of hydrogen-bond donors (Lipinski definition) is 1. The van der Waals surface area contributed by atoms with E-state index in [9.17, 15) is 0 Å². The topological polar surface area (TPSA) is 42.7 Å². The van der Waals surface area contributed by atoms with Crippen molar-refractivity contribution in [2.24, 2.45) is 0 Å². The lowest BCUT2D eigenvalue weighted by molar-refractivity contribution is 0.513. The second-order valence-electron chi connectivity index (χ2n) is 4.15. The molecule has 4 heteroatoms. The summed E-state index contributed by atoms with van der Waals surface area (Å²) in [6, 6.07) is 0.